The van der Waals surface area contributed by atoms with E-state index in [1.807, 2.05) is 0 Å². The third kappa shape index (κ3) is 3.13. The van der Waals surface area contributed by atoms with Crippen molar-refractivity contribution in [3.05, 3.63) is 18.1 Å². The van der Waals surface area contributed by atoms with Crippen LogP contribution in [-0.2, 0) is 0 Å². The summed E-state index contributed by atoms with van der Waals surface area (Å²) < 4.78 is 0. The highest BCUT2D eigenvalue weighted by Gasteiger charge is 2.15. The summed E-state index contributed by atoms with van der Waals surface area (Å²) in [6, 6.07) is 0. The van der Waals surface area contributed by atoms with Crippen molar-refractivity contribution in [1.29, 1.82) is 0 Å². The molecule has 1 unspecified atom stereocenters. The number of carbonyl (C=O) groups is 1. The number of primary amides is 1. The van der Waals surface area contributed by atoms with Crippen LogP contribution in [0.5, 0.6) is 0 Å². The van der Waals surface area contributed by atoms with E-state index in [4.69, 9.17) is 5.73 Å². The lowest BCUT2D eigenvalue weighted by atomic mass is 10.1. The number of carbonyl (C=O) groups excluding carboxylic acids is 1. The number of hydrogen-bond donors (Lipinski definition) is 3. The van der Waals surface area contributed by atoms with E-state index in [2.05, 4.69) is 20.6 Å². The van der Waals surface area contributed by atoms with Crippen molar-refractivity contribution in [3.8, 4) is 0 Å². The van der Waals surface area contributed by atoms with Crippen molar-refractivity contribution in [2.75, 3.05) is 25.0 Å². The molecular weight excluding hydrogens is 218 g/mol. The van der Waals surface area contributed by atoms with E-state index in [1.165, 1.54) is 12.6 Å². The lowest BCUT2D eigenvalue weighted by Gasteiger charge is -2.10. The lowest BCUT2D eigenvalue weighted by molar-refractivity contribution is 0.0996. The highest BCUT2D eigenvalue weighted by molar-refractivity contribution is 5.95. The minimum absolute atomic E-state index is 0.206. The normalized spacial score (nSPS) is 19.2. The molecule has 2 rings (SSSR count). The number of anilines is 1. The number of amides is 1. The van der Waals surface area contributed by atoms with Gasteiger partial charge in [-0.25, -0.2) is 9.97 Å². The van der Waals surface area contributed by atoms with Gasteiger partial charge in [-0.1, -0.05) is 0 Å². The average Bonchev–Trinajstić information content (AvgIpc) is 2.82. The summed E-state index contributed by atoms with van der Waals surface area (Å²) in [4.78, 5) is 19.1. The molecule has 1 aliphatic heterocycles. The zero-order valence-electron chi connectivity index (χ0n) is 9.65. The van der Waals surface area contributed by atoms with E-state index in [-0.39, 0.29) is 5.69 Å². The van der Waals surface area contributed by atoms with E-state index in [9.17, 15) is 4.79 Å². The monoisotopic (exact) mass is 235 g/mol. The van der Waals surface area contributed by atoms with E-state index in [0.29, 0.717) is 11.7 Å². The Kier molecular flexibility index (Phi) is 3.87. The van der Waals surface area contributed by atoms with Gasteiger partial charge in [-0.05, 0) is 31.8 Å². The van der Waals surface area contributed by atoms with Gasteiger partial charge in [0.15, 0.2) is 11.5 Å². The molecule has 0 aromatic carbocycles. The molecule has 1 aromatic heterocycles. The predicted octanol–water partition coefficient (Wildman–Crippen LogP) is -0.0130. The molecule has 1 aliphatic rings. The van der Waals surface area contributed by atoms with Crippen LogP contribution in [0.2, 0.25) is 0 Å². The van der Waals surface area contributed by atoms with Gasteiger partial charge in [-0.15, -0.1) is 0 Å². The van der Waals surface area contributed by atoms with Crippen LogP contribution >= 0.6 is 0 Å². The summed E-state index contributed by atoms with van der Waals surface area (Å²) >= 11 is 0. The van der Waals surface area contributed by atoms with Crippen LogP contribution in [-0.4, -0.2) is 35.5 Å². The second kappa shape index (κ2) is 5.58. The van der Waals surface area contributed by atoms with Gasteiger partial charge in [0, 0.05) is 18.9 Å². The minimum Gasteiger partial charge on any atom is -0.368 e. The lowest BCUT2D eigenvalue weighted by Crippen LogP contribution is -2.19. The second-order valence-corrected chi connectivity index (χ2v) is 4.19. The van der Waals surface area contributed by atoms with Crippen molar-refractivity contribution >= 4 is 11.7 Å². The Bertz CT molecular complexity index is 389. The van der Waals surface area contributed by atoms with Crippen molar-refractivity contribution in [2.45, 2.75) is 12.8 Å². The first-order chi connectivity index (χ1) is 8.27. The van der Waals surface area contributed by atoms with Gasteiger partial charge < -0.3 is 16.4 Å². The fraction of sp³-hybridized carbons (Fsp3) is 0.545. The van der Waals surface area contributed by atoms with E-state index in [1.54, 1.807) is 6.20 Å². The molecule has 1 aromatic rings. The molecule has 0 radical (unpaired) electrons. The third-order valence-electron chi connectivity index (χ3n) is 2.94. The van der Waals surface area contributed by atoms with Gasteiger partial charge in [0.05, 0.1) is 0 Å². The highest BCUT2D eigenvalue weighted by atomic mass is 16.1. The maximum absolute atomic E-state index is 11.1. The van der Waals surface area contributed by atoms with E-state index < -0.39 is 5.91 Å². The van der Waals surface area contributed by atoms with Crippen LogP contribution in [0.15, 0.2) is 12.4 Å². The molecule has 1 saturated heterocycles. The van der Waals surface area contributed by atoms with Gasteiger partial charge in [0.2, 0.25) is 0 Å². The zero-order valence-corrected chi connectivity index (χ0v) is 9.65. The van der Waals surface area contributed by atoms with E-state index in [0.717, 1.165) is 26.1 Å². The van der Waals surface area contributed by atoms with Gasteiger partial charge >= 0.3 is 0 Å². The fourth-order valence-corrected chi connectivity index (χ4v) is 2.00. The molecule has 0 aliphatic carbocycles. The Morgan fingerprint density at radius 2 is 2.35 bits per heavy atom. The predicted molar refractivity (Wildman–Crippen MR) is 64.6 cm³/mol. The maximum atomic E-state index is 11.1. The van der Waals surface area contributed by atoms with Gasteiger partial charge in [-0.3, -0.25) is 4.79 Å². The Morgan fingerprint density at radius 3 is 3.06 bits per heavy atom. The molecule has 92 valence electrons. The molecule has 2 heterocycles. The molecule has 17 heavy (non-hydrogen) atoms. The van der Waals surface area contributed by atoms with Crippen molar-refractivity contribution in [1.82, 2.24) is 15.3 Å². The molecule has 6 nitrogen and oxygen atoms in total. The van der Waals surface area contributed by atoms with Gasteiger partial charge in [0.25, 0.3) is 5.91 Å². The summed E-state index contributed by atoms with van der Waals surface area (Å²) in [6.07, 6.45) is 5.28. The SMILES string of the molecule is NC(=O)c1nccnc1NCCC1CCNC1. The number of nitrogens with two attached hydrogens (primary N) is 1. The van der Waals surface area contributed by atoms with Crippen LogP contribution in [0.4, 0.5) is 5.82 Å². The Hall–Kier alpha value is -1.69. The first-order valence-corrected chi connectivity index (χ1v) is 5.83. The van der Waals surface area contributed by atoms with Crippen molar-refractivity contribution in [2.24, 2.45) is 11.7 Å². The molecule has 1 fully saturated rings. The standard InChI is InChI=1S/C11H17N5O/c12-10(17)9-11(16-6-5-14-9)15-4-2-8-1-3-13-7-8/h5-6,8,13H,1-4,7H2,(H2,12,17)(H,15,16). The Labute approximate surface area is 100 Å². The molecule has 0 saturated carbocycles. The molecule has 1 amide bonds. The topological polar surface area (TPSA) is 92.9 Å². The van der Waals surface area contributed by atoms with E-state index >= 15 is 0 Å². The molecule has 4 N–H and O–H groups in total. The van der Waals surface area contributed by atoms with Crippen LogP contribution in [0.1, 0.15) is 23.3 Å². The Balaban J connectivity index is 1.87. The molecule has 1 atom stereocenters. The smallest absolute Gasteiger partial charge is 0.271 e. The summed E-state index contributed by atoms with van der Waals surface area (Å²) in [5.41, 5.74) is 5.42. The number of nitrogens with one attached hydrogen (secondary N) is 2. The van der Waals surface area contributed by atoms with Gasteiger partial charge in [0.1, 0.15) is 0 Å². The fourth-order valence-electron chi connectivity index (χ4n) is 2.00. The minimum atomic E-state index is -0.553. The van der Waals surface area contributed by atoms with Crippen LogP contribution in [0.25, 0.3) is 0 Å². The molecule has 0 spiro atoms. The second-order valence-electron chi connectivity index (χ2n) is 4.19. The summed E-state index contributed by atoms with van der Waals surface area (Å²) in [5.74, 6) is 0.630. The Morgan fingerprint density at radius 1 is 1.53 bits per heavy atom. The maximum Gasteiger partial charge on any atom is 0.271 e. The summed E-state index contributed by atoms with van der Waals surface area (Å²) in [6.45, 7) is 2.96. The van der Waals surface area contributed by atoms with Crippen molar-refractivity contribution < 1.29 is 4.79 Å². The summed E-state index contributed by atoms with van der Waals surface area (Å²) in [7, 11) is 0. The first kappa shape index (κ1) is 11.8. The van der Waals surface area contributed by atoms with Crippen LogP contribution in [0.3, 0.4) is 0 Å². The summed E-state index contributed by atoms with van der Waals surface area (Å²) in [5, 5.41) is 6.44. The van der Waals surface area contributed by atoms with Crippen LogP contribution in [0, 0.1) is 5.92 Å². The van der Waals surface area contributed by atoms with Gasteiger partial charge in [-0.2, -0.15) is 0 Å². The van der Waals surface area contributed by atoms with Crippen LogP contribution < -0.4 is 16.4 Å². The quantitative estimate of drug-likeness (QED) is 0.667. The number of rotatable bonds is 5. The number of nitrogens with zero attached hydrogens (tertiary/aromatic N) is 2. The first-order valence-electron chi connectivity index (χ1n) is 5.83. The molecule has 6 heteroatoms. The zero-order chi connectivity index (χ0) is 12.1. The number of hydrogen-bond acceptors (Lipinski definition) is 5. The van der Waals surface area contributed by atoms with Crippen molar-refractivity contribution in [3.63, 3.8) is 0 Å². The number of aromatic nitrogens is 2. The highest BCUT2D eigenvalue weighted by Crippen LogP contribution is 2.13. The average molecular weight is 235 g/mol. The third-order valence-corrected chi connectivity index (χ3v) is 2.94. The molecular formula is C11H17N5O. The molecule has 0 bridgehead atoms. The largest absolute Gasteiger partial charge is 0.368 e.